The molecule has 15 heavy (non-hydrogen) atoms. The van der Waals surface area contributed by atoms with E-state index in [4.69, 9.17) is 5.73 Å². The van der Waals surface area contributed by atoms with E-state index in [1.54, 1.807) is 0 Å². The second kappa shape index (κ2) is 5.02. The van der Waals surface area contributed by atoms with Crippen molar-refractivity contribution in [3.8, 4) is 0 Å². The maximum Gasteiger partial charge on any atom is 0.245 e. The van der Waals surface area contributed by atoms with Crippen LogP contribution >= 0.6 is 0 Å². The molecule has 84 valence electrons. The minimum Gasteiger partial charge on any atom is -0.336 e. The lowest BCUT2D eigenvalue weighted by Gasteiger charge is -2.25. The third kappa shape index (κ3) is 2.86. The van der Waals surface area contributed by atoms with Gasteiger partial charge in [-0.25, -0.2) is 4.98 Å². The summed E-state index contributed by atoms with van der Waals surface area (Å²) in [6.07, 6.45) is 0. The molecular weight excluding hydrogens is 190 g/mol. The van der Waals surface area contributed by atoms with Gasteiger partial charge in [0, 0.05) is 19.1 Å². The van der Waals surface area contributed by atoms with Crippen LogP contribution in [0.1, 0.15) is 25.2 Å². The average molecular weight is 209 g/mol. The van der Waals surface area contributed by atoms with Crippen molar-refractivity contribution in [2.75, 3.05) is 18.0 Å². The van der Waals surface area contributed by atoms with E-state index in [0.29, 0.717) is 18.5 Å². The Kier molecular flexibility index (Phi) is 3.96. The molecule has 0 saturated carbocycles. The molecule has 1 aromatic heterocycles. The number of hydrogen-bond acceptors (Lipinski definition) is 5. The highest BCUT2D eigenvalue weighted by molar-refractivity contribution is 5.31. The molecule has 0 unspecified atom stereocenters. The van der Waals surface area contributed by atoms with Crippen molar-refractivity contribution < 1.29 is 0 Å². The highest BCUT2D eigenvalue weighted by Crippen LogP contribution is 2.10. The number of aromatic nitrogens is 3. The maximum atomic E-state index is 5.55. The minimum atomic E-state index is 0.331. The van der Waals surface area contributed by atoms with Gasteiger partial charge in [-0.05, 0) is 27.7 Å². The lowest BCUT2D eigenvalue weighted by molar-refractivity contribution is 0.651. The van der Waals surface area contributed by atoms with E-state index in [1.807, 2.05) is 13.8 Å². The molecule has 0 aliphatic carbocycles. The lowest BCUT2D eigenvalue weighted by Crippen LogP contribution is -2.37. The standard InChI is InChI=1S/C10H19N5/c1-7(2)15(6-5-11)10-12-8(3)9(4)13-14-10/h7H,5-6,11H2,1-4H3. The molecule has 0 radical (unpaired) electrons. The molecule has 0 saturated heterocycles. The van der Waals surface area contributed by atoms with Gasteiger partial charge >= 0.3 is 0 Å². The van der Waals surface area contributed by atoms with Gasteiger partial charge in [-0.15, -0.1) is 5.10 Å². The highest BCUT2D eigenvalue weighted by atomic mass is 15.3. The first-order valence-corrected chi connectivity index (χ1v) is 5.21. The fourth-order valence-corrected chi connectivity index (χ4v) is 1.30. The Labute approximate surface area is 90.7 Å². The van der Waals surface area contributed by atoms with Crippen LogP contribution in [0.4, 0.5) is 5.95 Å². The van der Waals surface area contributed by atoms with Gasteiger partial charge in [-0.2, -0.15) is 5.10 Å². The van der Waals surface area contributed by atoms with Gasteiger partial charge < -0.3 is 10.6 Å². The molecule has 5 nitrogen and oxygen atoms in total. The molecule has 1 aromatic rings. The van der Waals surface area contributed by atoms with Gasteiger partial charge in [0.25, 0.3) is 0 Å². The van der Waals surface area contributed by atoms with Gasteiger partial charge in [-0.3, -0.25) is 0 Å². The molecule has 0 atom stereocenters. The second-order valence-electron chi connectivity index (χ2n) is 3.86. The van der Waals surface area contributed by atoms with E-state index in [1.165, 1.54) is 0 Å². The molecule has 1 rings (SSSR count). The monoisotopic (exact) mass is 209 g/mol. The van der Waals surface area contributed by atoms with Crippen molar-refractivity contribution in [1.29, 1.82) is 0 Å². The topological polar surface area (TPSA) is 67.9 Å². The van der Waals surface area contributed by atoms with E-state index < -0.39 is 0 Å². The van der Waals surface area contributed by atoms with Crippen molar-refractivity contribution >= 4 is 5.95 Å². The zero-order chi connectivity index (χ0) is 11.4. The number of nitrogens with zero attached hydrogens (tertiary/aromatic N) is 4. The van der Waals surface area contributed by atoms with Gasteiger partial charge in [0.05, 0.1) is 11.4 Å². The molecule has 2 N–H and O–H groups in total. The average Bonchev–Trinajstić information content (AvgIpc) is 2.18. The SMILES string of the molecule is Cc1nnc(N(CCN)C(C)C)nc1C. The first-order chi connectivity index (χ1) is 7.06. The molecular formula is C10H19N5. The summed E-state index contributed by atoms with van der Waals surface area (Å²) >= 11 is 0. The van der Waals surface area contributed by atoms with Crippen LogP contribution in [-0.4, -0.2) is 34.3 Å². The quantitative estimate of drug-likeness (QED) is 0.789. The zero-order valence-corrected chi connectivity index (χ0v) is 9.86. The number of aryl methyl sites for hydroxylation is 2. The Morgan fingerprint density at radius 3 is 2.33 bits per heavy atom. The Hall–Kier alpha value is -1.23. The van der Waals surface area contributed by atoms with Crippen LogP contribution < -0.4 is 10.6 Å². The van der Waals surface area contributed by atoms with E-state index in [0.717, 1.165) is 17.9 Å². The van der Waals surface area contributed by atoms with E-state index in [2.05, 4.69) is 33.9 Å². The minimum absolute atomic E-state index is 0.331. The third-order valence-corrected chi connectivity index (χ3v) is 2.33. The smallest absolute Gasteiger partial charge is 0.245 e. The predicted octanol–water partition coefficient (Wildman–Crippen LogP) is 0.662. The van der Waals surface area contributed by atoms with E-state index >= 15 is 0 Å². The molecule has 0 amide bonds. The second-order valence-corrected chi connectivity index (χ2v) is 3.86. The number of nitrogens with two attached hydrogens (primary N) is 1. The van der Waals surface area contributed by atoms with Gasteiger partial charge in [0.15, 0.2) is 0 Å². The first-order valence-electron chi connectivity index (χ1n) is 5.21. The molecule has 0 bridgehead atoms. The summed E-state index contributed by atoms with van der Waals surface area (Å²) in [7, 11) is 0. The number of hydrogen-bond donors (Lipinski definition) is 1. The highest BCUT2D eigenvalue weighted by Gasteiger charge is 2.13. The van der Waals surface area contributed by atoms with Crippen LogP contribution in [-0.2, 0) is 0 Å². The van der Waals surface area contributed by atoms with Crippen LogP contribution in [0.5, 0.6) is 0 Å². The number of rotatable bonds is 4. The van der Waals surface area contributed by atoms with Crippen molar-refractivity contribution in [1.82, 2.24) is 15.2 Å². The van der Waals surface area contributed by atoms with Crippen molar-refractivity contribution in [3.63, 3.8) is 0 Å². The number of anilines is 1. The molecule has 5 heteroatoms. The van der Waals surface area contributed by atoms with E-state index in [9.17, 15) is 0 Å². The van der Waals surface area contributed by atoms with Gasteiger partial charge in [-0.1, -0.05) is 0 Å². The van der Waals surface area contributed by atoms with Gasteiger partial charge in [0.1, 0.15) is 0 Å². The predicted molar refractivity (Wildman–Crippen MR) is 60.8 cm³/mol. The Morgan fingerprint density at radius 2 is 1.87 bits per heavy atom. The molecule has 0 aliphatic heterocycles. The van der Waals surface area contributed by atoms with Crippen LogP contribution in [0.25, 0.3) is 0 Å². The summed E-state index contributed by atoms with van der Waals surface area (Å²) in [6.45, 7) is 9.37. The normalized spacial score (nSPS) is 10.8. The molecule has 0 spiro atoms. The summed E-state index contributed by atoms with van der Waals surface area (Å²) in [4.78, 5) is 6.46. The van der Waals surface area contributed by atoms with Gasteiger partial charge in [0.2, 0.25) is 5.95 Å². The van der Waals surface area contributed by atoms with Crippen LogP contribution in [0.2, 0.25) is 0 Å². The van der Waals surface area contributed by atoms with Crippen LogP contribution in [0, 0.1) is 13.8 Å². The summed E-state index contributed by atoms with van der Waals surface area (Å²) in [6, 6.07) is 0.331. The molecule has 0 aliphatic rings. The molecule has 0 fully saturated rings. The zero-order valence-electron chi connectivity index (χ0n) is 9.86. The van der Waals surface area contributed by atoms with Crippen molar-refractivity contribution in [3.05, 3.63) is 11.4 Å². The fourth-order valence-electron chi connectivity index (χ4n) is 1.30. The Bertz CT molecular complexity index is 324. The molecule has 1 heterocycles. The first kappa shape index (κ1) is 11.8. The van der Waals surface area contributed by atoms with Crippen LogP contribution in [0.15, 0.2) is 0 Å². The fraction of sp³-hybridized carbons (Fsp3) is 0.700. The van der Waals surface area contributed by atoms with Crippen molar-refractivity contribution in [2.24, 2.45) is 5.73 Å². The summed E-state index contributed by atoms with van der Waals surface area (Å²) in [5, 5.41) is 8.16. The molecule has 0 aromatic carbocycles. The third-order valence-electron chi connectivity index (χ3n) is 2.33. The van der Waals surface area contributed by atoms with Crippen LogP contribution in [0.3, 0.4) is 0 Å². The van der Waals surface area contributed by atoms with E-state index in [-0.39, 0.29) is 0 Å². The Morgan fingerprint density at radius 1 is 1.20 bits per heavy atom. The lowest BCUT2D eigenvalue weighted by atomic mass is 10.3. The largest absolute Gasteiger partial charge is 0.336 e. The maximum absolute atomic E-state index is 5.55. The summed E-state index contributed by atoms with van der Waals surface area (Å²) in [5.74, 6) is 0.665. The van der Waals surface area contributed by atoms with Crippen molar-refractivity contribution in [2.45, 2.75) is 33.7 Å². The summed E-state index contributed by atoms with van der Waals surface area (Å²) < 4.78 is 0. The Balaban J connectivity index is 2.95. The summed E-state index contributed by atoms with van der Waals surface area (Å²) in [5.41, 5.74) is 7.34.